The van der Waals surface area contributed by atoms with Crippen molar-refractivity contribution in [3.63, 3.8) is 0 Å². The topological polar surface area (TPSA) is 70.5 Å². The molecule has 0 saturated carbocycles. The number of aliphatic carboxylic acids is 1. The number of amides is 1. The summed E-state index contributed by atoms with van der Waals surface area (Å²) in [6, 6.07) is 0.350. The Morgan fingerprint density at radius 3 is 2.59 bits per heavy atom. The van der Waals surface area contributed by atoms with Crippen LogP contribution < -0.4 is 0 Å². The zero-order valence-corrected chi connectivity index (χ0v) is 10.7. The Balaban J connectivity index is 3.04. The molecule has 1 N–H and O–H groups in total. The van der Waals surface area contributed by atoms with Crippen molar-refractivity contribution in [2.45, 2.75) is 13.0 Å². The van der Waals surface area contributed by atoms with Crippen molar-refractivity contribution in [1.82, 2.24) is 9.88 Å². The molecule has 0 saturated heterocycles. The molecule has 17 heavy (non-hydrogen) atoms. The van der Waals surface area contributed by atoms with Gasteiger partial charge < -0.3 is 10.0 Å². The number of carboxylic acid groups (broad SMARTS) is 1. The quantitative estimate of drug-likeness (QED) is 0.857. The second kappa shape index (κ2) is 5.33. The van der Waals surface area contributed by atoms with Gasteiger partial charge in [-0.15, -0.1) is 0 Å². The molecule has 0 fully saturated rings. The summed E-state index contributed by atoms with van der Waals surface area (Å²) in [6.45, 7) is 1.40. The zero-order chi connectivity index (χ0) is 13.2. The summed E-state index contributed by atoms with van der Waals surface area (Å²) in [6.07, 6.45) is 1.25. The molecular formula is C10H10Cl2N2O3. The predicted octanol–water partition coefficient (Wildman–Crippen LogP) is 1.93. The average molecular weight is 277 g/mol. The molecule has 0 radical (unpaired) electrons. The summed E-state index contributed by atoms with van der Waals surface area (Å²) in [4.78, 5) is 27.5. The molecule has 0 spiro atoms. The maximum absolute atomic E-state index is 12.0. The van der Waals surface area contributed by atoms with E-state index in [1.807, 2.05) is 0 Å². The zero-order valence-electron chi connectivity index (χ0n) is 9.15. The fraction of sp³-hybridized carbons (Fsp3) is 0.300. The second-order valence-corrected chi connectivity index (χ2v) is 4.21. The molecule has 0 aromatic carbocycles. The van der Waals surface area contributed by atoms with Crippen LogP contribution in [0.5, 0.6) is 0 Å². The Hall–Kier alpha value is -1.33. The first-order chi connectivity index (χ1) is 7.84. The van der Waals surface area contributed by atoms with Crippen molar-refractivity contribution < 1.29 is 14.7 Å². The molecule has 1 rings (SSSR count). The van der Waals surface area contributed by atoms with Gasteiger partial charge in [-0.05, 0) is 13.0 Å². The van der Waals surface area contributed by atoms with Crippen molar-refractivity contribution in [2.75, 3.05) is 7.05 Å². The van der Waals surface area contributed by atoms with E-state index in [4.69, 9.17) is 28.3 Å². The number of carbonyl (C=O) groups is 2. The average Bonchev–Trinajstić information content (AvgIpc) is 2.29. The molecule has 5 nitrogen and oxygen atoms in total. The van der Waals surface area contributed by atoms with Crippen molar-refractivity contribution >= 4 is 35.1 Å². The highest BCUT2D eigenvalue weighted by Crippen LogP contribution is 2.20. The van der Waals surface area contributed by atoms with Gasteiger partial charge in [0.05, 0.1) is 10.6 Å². The van der Waals surface area contributed by atoms with Crippen LogP contribution in [0.2, 0.25) is 10.2 Å². The van der Waals surface area contributed by atoms with Gasteiger partial charge >= 0.3 is 5.97 Å². The van der Waals surface area contributed by atoms with Gasteiger partial charge in [-0.25, -0.2) is 9.78 Å². The smallest absolute Gasteiger partial charge is 0.326 e. The van der Waals surface area contributed by atoms with E-state index in [1.54, 1.807) is 0 Å². The van der Waals surface area contributed by atoms with Crippen molar-refractivity contribution in [3.05, 3.63) is 28.0 Å². The number of carbonyl (C=O) groups excluding carboxylic acids is 1. The summed E-state index contributed by atoms with van der Waals surface area (Å²) in [5.74, 6) is -1.62. The molecule has 0 bridgehead atoms. The molecule has 1 atom stereocenters. The standard InChI is InChI=1S/C10H10Cl2N2O3/c1-5(10(16)17)14(2)9(15)6-3-8(12)13-4-7(6)11/h3-5H,1-2H3,(H,16,17). The lowest BCUT2D eigenvalue weighted by molar-refractivity contribution is -0.141. The first-order valence-corrected chi connectivity index (χ1v) is 5.41. The van der Waals surface area contributed by atoms with Crippen LogP contribution in [0, 0.1) is 0 Å². The normalized spacial score (nSPS) is 12.0. The lowest BCUT2D eigenvalue weighted by atomic mass is 10.2. The number of rotatable bonds is 3. The van der Waals surface area contributed by atoms with Gasteiger partial charge in [-0.3, -0.25) is 4.79 Å². The predicted molar refractivity (Wildman–Crippen MR) is 63.4 cm³/mol. The Bertz CT molecular complexity index is 465. The van der Waals surface area contributed by atoms with E-state index in [0.717, 1.165) is 4.90 Å². The summed E-state index contributed by atoms with van der Waals surface area (Å²) in [5, 5.41) is 9.05. The van der Waals surface area contributed by atoms with Crippen LogP contribution in [-0.2, 0) is 4.79 Å². The Labute approximate surface area is 108 Å². The van der Waals surface area contributed by atoms with E-state index in [-0.39, 0.29) is 15.7 Å². The molecular weight excluding hydrogens is 267 g/mol. The van der Waals surface area contributed by atoms with E-state index in [0.29, 0.717) is 0 Å². The minimum atomic E-state index is -1.10. The summed E-state index contributed by atoms with van der Waals surface area (Å²) in [5.41, 5.74) is 0.127. The van der Waals surface area contributed by atoms with E-state index in [9.17, 15) is 9.59 Å². The van der Waals surface area contributed by atoms with Crippen molar-refractivity contribution in [1.29, 1.82) is 0 Å². The van der Waals surface area contributed by atoms with E-state index in [2.05, 4.69) is 4.98 Å². The molecule has 0 aliphatic rings. The number of aromatic nitrogens is 1. The minimum Gasteiger partial charge on any atom is -0.480 e. The van der Waals surface area contributed by atoms with Crippen LogP contribution in [0.3, 0.4) is 0 Å². The molecule has 1 aromatic rings. The second-order valence-electron chi connectivity index (χ2n) is 3.42. The van der Waals surface area contributed by atoms with Gasteiger partial charge in [0, 0.05) is 13.2 Å². The third-order valence-corrected chi connectivity index (χ3v) is 2.82. The third-order valence-electron chi connectivity index (χ3n) is 2.31. The Morgan fingerprint density at radius 1 is 1.47 bits per heavy atom. The first-order valence-electron chi connectivity index (χ1n) is 4.65. The highest BCUT2D eigenvalue weighted by Gasteiger charge is 2.24. The SMILES string of the molecule is CC(C(=O)O)N(C)C(=O)c1cc(Cl)ncc1Cl. The van der Waals surface area contributed by atoms with Crippen LogP contribution >= 0.6 is 23.2 Å². The van der Waals surface area contributed by atoms with Crippen molar-refractivity contribution in [3.8, 4) is 0 Å². The number of nitrogens with zero attached hydrogens (tertiary/aromatic N) is 2. The molecule has 7 heteroatoms. The Morgan fingerprint density at radius 2 is 2.06 bits per heavy atom. The maximum atomic E-state index is 12.0. The summed E-state index contributed by atoms with van der Waals surface area (Å²) in [7, 11) is 1.38. The number of halogens is 2. The summed E-state index contributed by atoms with van der Waals surface area (Å²) >= 11 is 11.5. The lowest BCUT2D eigenvalue weighted by Crippen LogP contribution is -2.40. The maximum Gasteiger partial charge on any atom is 0.326 e. The fourth-order valence-electron chi connectivity index (χ4n) is 1.11. The van der Waals surface area contributed by atoms with Crippen LogP contribution in [0.4, 0.5) is 0 Å². The number of carboxylic acids is 1. The van der Waals surface area contributed by atoms with Gasteiger partial charge in [-0.1, -0.05) is 23.2 Å². The molecule has 1 heterocycles. The molecule has 1 unspecified atom stereocenters. The van der Waals surface area contributed by atoms with E-state index in [1.165, 1.54) is 26.2 Å². The fourth-order valence-corrected chi connectivity index (χ4v) is 1.45. The highest BCUT2D eigenvalue weighted by atomic mass is 35.5. The monoisotopic (exact) mass is 276 g/mol. The lowest BCUT2D eigenvalue weighted by Gasteiger charge is -2.21. The third kappa shape index (κ3) is 3.08. The molecule has 0 aliphatic carbocycles. The molecule has 0 aliphatic heterocycles. The van der Waals surface area contributed by atoms with Crippen LogP contribution in [0.25, 0.3) is 0 Å². The number of hydrogen-bond donors (Lipinski definition) is 1. The number of likely N-dealkylation sites (N-methyl/N-ethyl adjacent to an activating group) is 1. The van der Waals surface area contributed by atoms with Gasteiger partial charge in [0.2, 0.25) is 0 Å². The van der Waals surface area contributed by atoms with E-state index >= 15 is 0 Å². The molecule has 92 valence electrons. The van der Waals surface area contributed by atoms with Crippen LogP contribution in [-0.4, -0.2) is 40.0 Å². The molecule has 1 amide bonds. The minimum absolute atomic E-state index is 0.120. The molecule has 1 aromatic heterocycles. The van der Waals surface area contributed by atoms with E-state index < -0.39 is 17.9 Å². The highest BCUT2D eigenvalue weighted by molar-refractivity contribution is 6.35. The Kier molecular flexibility index (Phi) is 4.31. The number of hydrogen-bond acceptors (Lipinski definition) is 3. The van der Waals surface area contributed by atoms with Crippen molar-refractivity contribution in [2.24, 2.45) is 0 Å². The van der Waals surface area contributed by atoms with Gasteiger partial charge in [0.25, 0.3) is 5.91 Å². The number of pyridine rings is 1. The van der Waals surface area contributed by atoms with Gasteiger partial charge in [-0.2, -0.15) is 0 Å². The summed E-state index contributed by atoms with van der Waals surface area (Å²) < 4.78 is 0. The van der Waals surface area contributed by atoms with Crippen LogP contribution in [0.15, 0.2) is 12.3 Å². The van der Waals surface area contributed by atoms with Gasteiger partial charge in [0.1, 0.15) is 11.2 Å². The first kappa shape index (κ1) is 13.7. The largest absolute Gasteiger partial charge is 0.480 e. The van der Waals surface area contributed by atoms with Crippen LogP contribution in [0.1, 0.15) is 17.3 Å². The van der Waals surface area contributed by atoms with Gasteiger partial charge in [0.15, 0.2) is 0 Å².